The average molecular weight is 442 g/mol. The van der Waals surface area contributed by atoms with Crippen LogP contribution in [-0.4, -0.2) is 46.7 Å². The third kappa shape index (κ3) is 5.42. The van der Waals surface area contributed by atoms with Crippen LogP contribution in [0, 0.1) is 13.8 Å². The van der Waals surface area contributed by atoms with Gasteiger partial charge in [-0.2, -0.15) is 4.37 Å². The molecule has 2 aromatic heterocycles. The number of urea groups is 1. The van der Waals surface area contributed by atoms with Crippen molar-refractivity contribution in [2.45, 2.75) is 38.8 Å². The standard InChI is InChI=1S/C22H27N5O3S/c1-14-10-21(31-26-14)24-22(28)23-20-8-9-27(12-17-11-15(2)30-25-17)13-19(20)16-4-6-18(29-3)7-5-16/h4-7,10-11,19-20H,8-9,12-13H2,1-3H3,(H2,23,24,28)/t19?,20-/m1/s1. The molecule has 9 heteroatoms. The van der Waals surface area contributed by atoms with Crippen molar-refractivity contribution in [2.75, 3.05) is 25.5 Å². The fourth-order valence-corrected chi connectivity index (χ4v) is 4.64. The van der Waals surface area contributed by atoms with Crippen LogP contribution in [0.2, 0.25) is 0 Å². The van der Waals surface area contributed by atoms with Crippen molar-refractivity contribution >= 4 is 22.6 Å². The molecule has 2 amide bonds. The molecular formula is C22H27N5O3S. The number of likely N-dealkylation sites (tertiary alicyclic amines) is 1. The van der Waals surface area contributed by atoms with Crippen molar-refractivity contribution in [3.05, 3.63) is 59.1 Å². The molecule has 3 heterocycles. The molecule has 0 radical (unpaired) electrons. The highest BCUT2D eigenvalue weighted by molar-refractivity contribution is 7.10. The number of piperidine rings is 1. The summed E-state index contributed by atoms with van der Waals surface area (Å²) in [5, 5.41) is 11.0. The zero-order valence-electron chi connectivity index (χ0n) is 17.9. The number of rotatable bonds is 6. The van der Waals surface area contributed by atoms with Gasteiger partial charge in [-0.3, -0.25) is 10.2 Å². The first kappa shape index (κ1) is 21.3. The molecule has 164 valence electrons. The summed E-state index contributed by atoms with van der Waals surface area (Å²) in [4.78, 5) is 15.0. The third-order valence-corrected chi connectivity index (χ3v) is 6.28. The number of carbonyl (C=O) groups is 1. The van der Waals surface area contributed by atoms with Gasteiger partial charge in [0, 0.05) is 37.7 Å². The first-order chi connectivity index (χ1) is 15.0. The van der Waals surface area contributed by atoms with Crippen LogP contribution in [0.4, 0.5) is 9.80 Å². The van der Waals surface area contributed by atoms with Crippen LogP contribution in [0.5, 0.6) is 5.75 Å². The molecule has 0 spiro atoms. The lowest BCUT2D eigenvalue weighted by atomic mass is 9.86. The first-order valence-electron chi connectivity index (χ1n) is 10.3. The summed E-state index contributed by atoms with van der Waals surface area (Å²) in [7, 11) is 1.66. The number of aryl methyl sites for hydroxylation is 2. The van der Waals surface area contributed by atoms with Crippen LogP contribution in [0.3, 0.4) is 0 Å². The van der Waals surface area contributed by atoms with Gasteiger partial charge in [-0.15, -0.1) is 0 Å². The minimum Gasteiger partial charge on any atom is -0.497 e. The molecule has 2 N–H and O–H groups in total. The van der Waals surface area contributed by atoms with Crippen LogP contribution in [0.25, 0.3) is 0 Å². The van der Waals surface area contributed by atoms with E-state index in [0.29, 0.717) is 0 Å². The quantitative estimate of drug-likeness (QED) is 0.602. The maximum absolute atomic E-state index is 12.6. The van der Waals surface area contributed by atoms with Gasteiger partial charge in [0.25, 0.3) is 0 Å². The van der Waals surface area contributed by atoms with E-state index in [1.165, 1.54) is 17.1 Å². The molecule has 1 saturated heterocycles. The second-order valence-corrected chi connectivity index (χ2v) is 8.67. The van der Waals surface area contributed by atoms with Crippen LogP contribution in [-0.2, 0) is 6.54 Å². The van der Waals surface area contributed by atoms with Crippen molar-refractivity contribution in [1.82, 2.24) is 19.7 Å². The SMILES string of the molecule is COc1ccc(C2CN(Cc3cc(C)on3)CC[C@H]2NC(=O)Nc2cc(C)ns2)cc1. The largest absolute Gasteiger partial charge is 0.497 e. The molecule has 1 aromatic carbocycles. The van der Waals surface area contributed by atoms with Gasteiger partial charge in [-0.05, 0) is 55.6 Å². The monoisotopic (exact) mass is 441 g/mol. The number of nitrogens with zero attached hydrogens (tertiary/aromatic N) is 3. The van der Waals surface area contributed by atoms with Crippen LogP contribution >= 0.6 is 11.5 Å². The van der Waals surface area contributed by atoms with E-state index in [0.717, 1.165) is 54.0 Å². The summed E-state index contributed by atoms with van der Waals surface area (Å²) >= 11 is 1.28. The third-order valence-electron chi connectivity index (χ3n) is 5.48. The van der Waals surface area contributed by atoms with E-state index in [4.69, 9.17) is 9.26 Å². The van der Waals surface area contributed by atoms with E-state index < -0.39 is 0 Å². The number of ether oxygens (including phenoxy) is 1. The van der Waals surface area contributed by atoms with Gasteiger partial charge < -0.3 is 14.6 Å². The van der Waals surface area contributed by atoms with Crippen molar-refractivity contribution < 1.29 is 14.1 Å². The fraction of sp³-hybridized carbons (Fsp3) is 0.409. The van der Waals surface area contributed by atoms with Crippen LogP contribution in [0.1, 0.15) is 35.1 Å². The van der Waals surface area contributed by atoms with Gasteiger partial charge in [0.2, 0.25) is 0 Å². The molecular weight excluding hydrogens is 414 g/mol. The molecule has 0 bridgehead atoms. The zero-order valence-corrected chi connectivity index (χ0v) is 18.7. The highest BCUT2D eigenvalue weighted by atomic mass is 32.1. The Hall–Kier alpha value is -2.91. The average Bonchev–Trinajstić information content (AvgIpc) is 3.36. The van der Waals surface area contributed by atoms with Crippen LogP contribution in [0.15, 0.2) is 40.9 Å². The summed E-state index contributed by atoms with van der Waals surface area (Å²) in [6.07, 6.45) is 0.836. The maximum atomic E-state index is 12.6. The van der Waals surface area contributed by atoms with Gasteiger partial charge in [0.05, 0.1) is 18.5 Å². The Balaban J connectivity index is 1.47. The van der Waals surface area contributed by atoms with Crippen LogP contribution < -0.4 is 15.4 Å². The molecule has 1 aliphatic rings. The summed E-state index contributed by atoms with van der Waals surface area (Å²) < 4.78 is 14.7. The summed E-state index contributed by atoms with van der Waals surface area (Å²) in [5.41, 5.74) is 2.99. The topological polar surface area (TPSA) is 92.5 Å². The second kappa shape index (κ2) is 9.49. The number of carbonyl (C=O) groups excluding carboxylic acids is 1. The zero-order chi connectivity index (χ0) is 21.8. The number of amides is 2. The summed E-state index contributed by atoms with van der Waals surface area (Å²) in [6.45, 7) is 6.20. The van der Waals surface area contributed by atoms with E-state index >= 15 is 0 Å². The van der Waals surface area contributed by atoms with Crippen molar-refractivity contribution in [3.8, 4) is 5.75 Å². The Morgan fingerprint density at radius 1 is 1.29 bits per heavy atom. The van der Waals surface area contributed by atoms with Crippen molar-refractivity contribution in [2.24, 2.45) is 0 Å². The highest BCUT2D eigenvalue weighted by Gasteiger charge is 2.32. The Morgan fingerprint density at radius 3 is 2.74 bits per heavy atom. The number of hydrogen-bond donors (Lipinski definition) is 2. The van der Waals surface area contributed by atoms with E-state index in [1.54, 1.807) is 7.11 Å². The minimum absolute atomic E-state index is 0.0118. The lowest BCUT2D eigenvalue weighted by molar-refractivity contribution is 0.165. The van der Waals surface area contributed by atoms with Gasteiger partial charge in [-0.25, -0.2) is 4.79 Å². The number of benzene rings is 1. The second-order valence-electron chi connectivity index (χ2n) is 7.87. The van der Waals surface area contributed by atoms with Gasteiger partial charge >= 0.3 is 6.03 Å². The van der Waals surface area contributed by atoms with Gasteiger partial charge in [0.1, 0.15) is 16.5 Å². The molecule has 31 heavy (non-hydrogen) atoms. The highest BCUT2D eigenvalue weighted by Crippen LogP contribution is 2.30. The Kier molecular flexibility index (Phi) is 6.53. The number of aromatic nitrogens is 2. The fourth-order valence-electron chi connectivity index (χ4n) is 3.99. The normalized spacial score (nSPS) is 19.2. The van der Waals surface area contributed by atoms with E-state index in [1.807, 2.05) is 38.1 Å². The minimum atomic E-state index is -0.201. The van der Waals surface area contributed by atoms with Crippen molar-refractivity contribution in [1.29, 1.82) is 0 Å². The molecule has 8 nitrogen and oxygen atoms in total. The smallest absolute Gasteiger partial charge is 0.320 e. The van der Waals surface area contributed by atoms with Gasteiger partial charge in [-0.1, -0.05) is 17.3 Å². The molecule has 1 unspecified atom stereocenters. The van der Waals surface area contributed by atoms with Gasteiger partial charge in [0.15, 0.2) is 0 Å². The number of hydrogen-bond acceptors (Lipinski definition) is 7. The predicted molar refractivity (Wildman–Crippen MR) is 120 cm³/mol. The summed E-state index contributed by atoms with van der Waals surface area (Å²) in [6, 6.07) is 11.7. The first-order valence-corrected chi connectivity index (χ1v) is 11.1. The van der Waals surface area contributed by atoms with E-state index in [2.05, 4.69) is 37.2 Å². The van der Waals surface area contributed by atoms with E-state index in [9.17, 15) is 4.79 Å². The molecule has 0 saturated carbocycles. The molecule has 2 atom stereocenters. The molecule has 0 aliphatic carbocycles. The molecule has 1 fully saturated rings. The maximum Gasteiger partial charge on any atom is 0.320 e. The lowest BCUT2D eigenvalue weighted by Crippen LogP contribution is -2.50. The number of anilines is 1. The summed E-state index contributed by atoms with van der Waals surface area (Å²) in [5.74, 6) is 1.77. The molecule has 4 rings (SSSR count). The Morgan fingerprint density at radius 2 is 2.10 bits per heavy atom. The lowest BCUT2D eigenvalue weighted by Gasteiger charge is -2.39. The Labute approximate surface area is 185 Å². The number of methoxy groups -OCH3 is 1. The van der Waals surface area contributed by atoms with E-state index in [-0.39, 0.29) is 18.0 Å². The predicted octanol–water partition coefficient (Wildman–Crippen LogP) is 3.94. The molecule has 1 aliphatic heterocycles. The number of nitrogens with one attached hydrogen (secondary N) is 2. The van der Waals surface area contributed by atoms with Crippen molar-refractivity contribution in [3.63, 3.8) is 0 Å². The Bertz CT molecular complexity index is 1020. The molecule has 3 aromatic rings.